The maximum atomic E-state index is 3.58. The van der Waals surface area contributed by atoms with Crippen LogP contribution in [-0.2, 0) is 0 Å². The van der Waals surface area contributed by atoms with Gasteiger partial charge in [0, 0.05) is 6.04 Å². The normalized spacial score (nSPS) is 23.6. The van der Waals surface area contributed by atoms with E-state index in [0.717, 1.165) is 18.5 Å². The zero-order valence-electron chi connectivity index (χ0n) is 11.0. The first kappa shape index (κ1) is 11.7. The van der Waals surface area contributed by atoms with E-state index in [9.17, 15) is 0 Å². The summed E-state index contributed by atoms with van der Waals surface area (Å²) in [7, 11) is 0. The third-order valence-electron chi connectivity index (χ3n) is 4.17. The molecule has 2 atom stereocenters. The van der Waals surface area contributed by atoms with Gasteiger partial charge in [-0.05, 0) is 48.1 Å². The predicted molar refractivity (Wildman–Crippen MR) is 78.0 cm³/mol. The van der Waals surface area contributed by atoms with Gasteiger partial charge in [0.2, 0.25) is 0 Å². The van der Waals surface area contributed by atoms with Crippen LogP contribution < -0.4 is 5.32 Å². The molecule has 1 nitrogen and oxygen atoms in total. The second kappa shape index (κ2) is 5.11. The van der Waals surface area contributed by atoms with Crippen molar-refractivity contribution in [2.24, 2.45) is 0 Å². The molecule has 3 rings (SSSR count). The molecule has 2 aromatic rings. The van der Waals surface area contributed by atoms with Crippen LogP contribution >= 0.6 is 0 Å². The van der Waals surface area contributed by atoms with Crippen LogP contribution in [0.25, 0.3) is 10.8 Å². The third kappa shape index (κ3) is 2.28. The van der Waals surface area contributed by atoms with Crippen LogP contribution in [0.4, 0.5) is 0 Å². The molecule has 18 heavy (non-hydrogen) atoms. The van der Waals surface area contributed by atoms with Crippen molar-refractivity contribution in [1.82, 2.24) is 5.32 Å². The molecule has 1 saturated carbocycles. The molecule has 2 aromatic carbocycles. The lowest BCUT2D eigenvalue weighted by atomic mass is 9.95. The average Bonchev–Trinajstić information content (AvgIpc) is 2.87. The molecule has 0 heterocycles. The van der Waals surface area contributed by atoms with Crippen molar-refractivity contribution in [2.45, 2.75) is 38.1 Å². The fraction of sp³-hybridized carbons (Fsp3) is 0.412. The maximum Gasteiger partial charge on any atom is 0.00729 e. The molecule has 0 radical (unpaired) electrons. The molecule has 0 bridgehead atoms. The molecule has 0 spiro atoms. The van der Waals surface area contributed by atoms with E-state index in [1.165, 1.54) is 35.6 Å². The lowest BCUT2D eigenvalue weighted by molar-refractivity contribution is 0.535. The fourth-order valence-electron chi connectivity index (χ4n) is 3.22. The number of hydrogen-bond donors (Lipinski definition) is 1. The first-order valence-corrected chi connectivity index (χ1v) is 7.09. The highest BCUT2D eigenvalue weighted by molar-refractivity contribution is 5.83. The summed E-state index contributed by atoms with van der Waals surface area (Å²) in [6, 6.07) is 16.3. The predicted octanol–water partition coefficient (Wildman–Crippen LogP) is 4.09. The first-order chi connectivity index (χ1) is 8.86. The van der Waals surface area contributed by atoms with Crippen molar-refractivity contribution in [3.05, 3.63) is 48.0 Å². The molecule has 1 N–H and O–H groups in total. The van der Waals surface area contributed by atoms with E-state index < -0.39 is 0 Å². The van der Waals surface area contributed by atoms with Gasteiger partial charge in [-0.15, -0.1) is 0 Å². The van der Waals surface area contributed by atoms with Crippen molar-refractivity contribution < 1.29 is 0 Å². The number of hydrogen-bond acceptors (Lipinski definition) is 1. The van der Waals surface area contributed by atoms with E-state index >= 15 is 0 Å². The summed E-state index contributed by atoms with van der Waals surface area (Å²) < 4.78 is 0. The molecule has 1 aliphatic rings. The third-order valence-corrected chi connectivity index (χ3v) is 4.17. The van der Waals surface area contributed by atoms with Gasteiger partial charge in [-0.3, -0.25) is 0 Å². The fourth-order valence-corrected chi connectivity index (χ4v) is 3.22. The molecule has 0 aliphatic heterocycles. The Morgan fingerprint density at radius 2 is 1.89 bits per heavy atom. The highest BCUT2D eigenvalue weighted by atomic mass is 14.9. The Bertz CT molecular complexity index is 532. The van der Waals surface area contributed by atoms with Crippen LogP contribution in [-0.4, -0.2) is 12.6 Å². The maximum absolute atomic E-state index is 3.58. The molecule has 1 fully saturated rings. The molecule has 2 unspecified atom stereocenters. The average molecular weight is 239 g/mol. The van der Waals surface area contributed by atoms with Crippen molar-refractivity contribution in [3.63, 3.8) is 0 Å². The SMILES string of the molecule is CCNC1CCC(c2ccc3ccccc3c2)C1. The lowest BCUT2D eigenvalue weighted by Gasteiger charge is -2.13. The molecular weight excluding hydrogens is 218 g/mol. The largest absolute Gasteiger partial charge is 0.314 e. The minimum atomic E-state index is 0.728. The highest BCUT2D eigenvalue weighted by Gasteiger charge is 2.24. The zero-order valence-corrected chi connectivity index (χ0v) is 11.0. The minimum Gasteiger partial charge on any atom is -0.314 e. The van der Waals surface area contributed by atoms with Crippen LogP contribution in [0.5, 0.6) is 0 Å². The van der Waals surface area contributed by atoms with Gasteiger partial charge in [-0.1, -0.05) is 49.4 Å². The Kier molecular flexibility index (Phi) is 3.33. The molecule has 0 aromatic heterocycles. The monoisotopic (exact) mass is 239 g/mol. The Morgan fingerprint density at radius 3 is 2.72 bits per heavy atom. The van der Waals surface area contributed by atoms with Gasteiger partial charge in [0.1, 0.15) is 0 Å². The van der Waals surface area contributed by atoms with E-state index in [0.29, 0.717) is 0 Å². The topological polar surface area (TPSA) is 12.0 Å². The van der Waals surface area contributed by atoms with Gasteiger partial charge in [-0.25, -0.2) is 0 Å². The molecule has 1 aliphatic carbocycles. The van der Waals surface area contributed by atoms with E-state index in [1.54, 1.807) is 0 Å². The molecular formula is C17H21N. The Hall–Kier alpha value is -1.34. The van der Waals surface area contributed by atoms with Gasteiger partial charge in [0.05, 0.1) is 0 Å². The van der Waals surface area contributed by atoms with Gasteiger partial charge in [-0.2, -0.15) is 0 Å². The Labute approximate surface area is 109 Å². The summed E-state index contributed by atoms with van der Waals surface area (Å²) in [5, 5.41) is 6.31. The number of benzene rings is 2. The van der Waals surface area contributed by atoms with Crippen molar-refractivity contribution >= 4 is 10.8 Å². The van der Waals surface area contributed by atoms with E-state index in [2.05, 4.69) is 54.7 Å². The smallest absolute Gasteiger partial charge is 0.00729 e. The van der Waals surface area contributed by atoms with Crippen LogP contribution in [0, 0.1) is 0 Å². The van der Waals surface area contributed by atoms with Crippen LogP contribution in [0.1, 0.15) is 37.7 Å². The minimum absolute atomic E-state index is 0.728. The summed E-state index contributed by atoms with van der Waals surface area (Å²) in [6.07, 6.45) is 3.95. The molecule has 94 valence electrons. The second-order valence-electron chi connectivity index (χ2n) is 5.37. The lowest BCUT2D eigenvalue weighted by Crippen LogP contribution is -2.25. The van der Waals surface area contributed by atoms with Crippen molar-refractivity contribution in [1.29, 1.82) is 0 Å². The Morgan fingerprint density at radius 1 is 1.06 bits per heavy atom. The number of nitrogens with one attached hydrogen (secondary N) is 1. The summed E-state index contributed by atoms with van der Waals surface area (Å²) in [5.41, 5.74) is 1.52. The molecule has 0 saturated heterocycles. The summed E-state index contributed by atoms with van der Waals surface area (Å²) >= 11 is 0. The molecule has 1 heteroatoms. The zero-order chi connectivity index (χ0) is 12.4. The number of fused-ring (bicyclic) bond motifs is 1. The quantitative estimate of drug-likeness (QED) is 0.850. The summed E-state index contributed by atoms with van der Waals surface area (Å²) in [4.78, 5) is 0. The van der Waals surface area contributed by atoms with E-state index in [4.69, 9.17) is 0 Å². The number of rotatable bonds is 3. The Balaban J connectivity index is 1.82. The first-order valence-electron chi connectivity index (χ1n) is 7.09. The van der Waals surface area contributed by atoms with Crippen LogP contribution in [0.15, 0.2) is 42.5 Å². The highest BCUT2D eigenvalue weighted by Crippen LogP contribution is 2.35. The van der Waals surface area contributed by atoms with Crippen molar-refractivity contribution in [3.8, 4) is 0 Å². The van der Waals surface area contributed by atoms with Gasteiger partial charge >= 0.3 is 0 Å². The van der Waals surface area contributed by atoms with Crippen LogP contribution in [0.2, 0.25) is 0 Å². The van der Waals surface area contributed by atoms with E-state index in [-0.39, 0.29) is 0 Å². The summed E-state index contributed by atoms with van der Waals surface area (Å²) in [5.74, 6) is 0.749. The van der Waals surface area contributed by atoms with Crippen LogP contribution in [0.3, 0.4) is 0 Å². The standard InChI is InChI=1S/C17H21N/c1-2-18-17-10-9-16(12-17)15-8-7-13-5-3-4-6-14(13)11-15/h3-8,11,16-18H,2,9-10,12H2,1H3. The van der Waals surface area contributed by atoms with E-state index in [1.807, 2.05) is 0 Å². The van der Waals surface area contributed by atoms with Gasteiger partial charge < -0.3 is 5.32 Å². The summed E-state index contributed by atoms with van der Waals surface area (Å²) in [6.45, 7) is 3.29. The van der Waals surface area contributed by atoms with Gasteiger partial charge in [0.25, 0.3) is 0 Å². The van der Waals surface area contributed by atoms with Gasteiger partial charge in [0.15, 0.2) is 0 Å². The molecule has 0 amide bonds. The second-order valence-corrected chi connectivity index (χ2v) is 5.37. The van der Waals surface area contributed by atoms with Crippen molar-refractivity contribution in [2.75, 3.05) is 6.54 Å².